The van der Waals surface area contributed by atoms with Crippen LogP contribution >= 0.6 is 0 Å². The van der Waals surface area contributed by atoms with Gasteiger partial charge in [-0.15, -0.1) is 0 Å². The van der Waals surface area contributed by atoms with Crippen molar-refractivity contribution in [3.05, 3.63) is 144 Å². The van der Waals surface area contributed by atoms with Gasteiger partial charge in [-0.25, -0.2) is 0 Å². The van der Waals surface area contributed by atoms with Crippen molar-refractivity contribution in [3.63, 3.8) is 0 Å². The Labute approximate surface area is 263 Å². The third-order valence-corrected chi connectivity index (χ3v) is 4.83. The Bertz CT molecular complexity index is 1380. The van der Waals surface area contributed by atoms with E-state index in [4.69, 9.17) is 33.1 Å². The normalized spacial score (nSPS) is 8.80. The number of phenols is 2. The van der Waals surface area contributed by atoms with E-state index in [9.17, 15) is 19.2 Å². The van der Waals surface area contributed by atoms with E-state index in [0.717, 1.165) is 5.56 Å². The molecule has 4 aromatic heterocycles. The lowest BCUT2D eigenvalue weighted by Crippen LogP contribution is -2.10. The summed E-state index contributed by atoms with van der Waals surface area (Å²) >= 11 is 0. The molecule has 0 fully saturated rings. The van der Waals surface area contributed by atoms with Gasteiger partial charge in [0.2, 0.25) is 23.6 Å². The number of aromatic nitrogens is 4. The highest BCUT2D eigenvalue weighted by Crippen LogP contribution is 2.18. The Morgan fingerprint density at radius 2 is 0.739 bits per heavy atom. The molecule has 4 heterocycles. The van der Waals surface area contributed by atoms with Crippen molar-refractivity contribution in [2.24, 2.45) is 22.9 Å². The van der Waals surface area contributed by atoms with Gasteiger partial charge in [0.25, 0.3) is 0 Å². The zero-order chi connectivity index (χ0) is 33.6. The topological polar surface area (TPSA) is 296 Å². The number of nitrogens with two attached hydrogens (primary N) is 4. The summed E-state index contributed by atoms with van der Waals surface area (Å²) < 4.78 is 0. The number of aromatic hydroxyl groups is 2. The molecule has 0 atom stereocenters. The summed E-state index contributed by atoms with van der Waals surface area (Å²) in [5.41, 5.74) is 22.4. The van der Waals surface area contributed by atoms with Gasteiger partial charge in [0, 0.05) is 55.6 Å². The summed E-state index contributed by atoms with van der Waals surface area (Å²) in [4.78, 5) is 56.4. The number of rotatable bonds is 4. The van der Waals surface area contributed by atoms with Crippen molar-refractivity contribution < 1.29 is 34.9 Å². The van der Waals surface area contributed by atoms with Gasteiger partial charge in [-0.1, -0.05) is 0 Å². The van der Waals surface area contributed by atoms with E-state index < -0.39 is 23.6 Å². The second kappa shape index (κ2) is 21.9. The summed E-state index contributed by atoms with van der Waals surface area (Å²) in [6.45, 7) is 1.80. The lowest BCUT2D eigenvalue weighted by atomic mass is 10.2. The van der Waals surface area contributed by atoms with Crippen LogP contribution in [0.2, 0.25) is 0 Å². The van der Waals surface area contributed by atoms with Gasteiger partial charge in [0.05, 0.1) is 22.3 Å². The van der Waals surface area contributed by atoms with Crippen LogP contribution in [0.15, 0.2) is 116 Å². The average molecular weight is 631 g/mol. The molecule has 0 saturated carbocycles. The van der Waals surface area contributed by atoms with Gasteiger partial charge >= 0.3 is 0 Å². The maximum Gasteiger partial charge on any atom is 0.250 e. The van der Waals surface area contributed by atoms with Crippen LogP contribution in [0, 0.1) is 6.92 Å². The lowest BCUT2D eigenvalue weighted by molar-refractivity contribution is 0.0991. The van der Waals surface area contributed by atoms with Gasteiger partial charge in [-0.3, -0.25) is 39.1 Å². The van der Waals surface area contributed by atoms with Crippen molar-refractivity contribution >= 4 is 23.6 Å². The second-order valence-corrected chi connectivity index (χ2v) is 8.45. The molecule has 0 aliphatic heterocycles. The van der Waals surface area contributed by atoms with Gasteiger partial charge in [0.15, 0.2) is 0 Å². The van der Waals surface area contributed by atoms with Gasteiger partial charge in [-0.05, 0) is 73.2 Å². The summed E-state index contributed by atoms with van der Waals surface area (Å²) in [5, 5.41) is 17.7. The third-order valence-electron chi connectivity index (χ3n) is 4.83. The molecule has 12 N–H and O–H groups in total. The molecule has 0 aliphatic rings. The molecule has 46 heavy (non-hydrogen) atoms. The average Bonchev–Trinajstić information content (AvgIpc) is 3.03. The fourth-order valence-electron chi connectivity index (χ4n) is 2.78. The van der Waals surface area contributed by atoms with E-state index in [1.807, 2.05) is 0 Å². The first-order valence-electron chi connectivity index (χ1n) is 12.7. The summed E-state index contributed by atoms with van der Waals surface area (Å²) in [6.07, 6.45) is 12.1. The maximum atomic E-state index is 10.4. The molecule has 0 aliphatic carbocycles. The van der Waals surface area contributed by atoms with Crippen LogP contribution in [0.3, 0.4) is 0 Å². The Morgan fingerprint density at radius 3 is 0.870 bits per heavy atom. The second-order valence-electron chi connectivity index (χ2n) is 8.45. The molecule has 1 aromatic carbocycles. The van der Waals surface area contributed by atoms with Crippen molar-refractivity contribution in [2.75, 3.05) is 0 Å². The van der Waals surface area contributed by atoms with E-state index in [0.29, 0.717) is 22.3 Å². The Balaban J connectivity index is 0.000000547. The fourth-order valence-corrected chi connectivity index (χ4v) is 2.78. The molecule has 5 rings (SSSR count). The number of nitrogens with zero attached hydrogens (tertiary/aromatic N) is 4. The smallest absolute Gasteiger partial charge is 0.250 e. The summed E-state index contributed by atoms with van der Waals surface area (Å²) in [7, 11) is 0. The standard InChI is InChI=1S/C7H8O2.4C6H6N2O.H2O/c1-5-2-6(8)4-7(9)3-5;4*7-6(9)5-2-1-3-8-4-5;/h2-4,8-9H,1H3;4*1-4H,(H2,7,9);1H2. The molecular weight excluding hydrogens is 596 g/mol. The number of carbonyl (C=O) groups is 4. The Kier molecular flexibility index (Phi) is 18.7. The highest BCUT2D eigenvalue weighted by atomic mass is 16.3. The molecule has 0 unspecified atom stereocenters. The van der Waals surface area contributed by atoms with E-state index >= 15 is 0 Å². The number of carbonyl (C=O) groups excluding carboxylic acids is 4. The number of amides is 4. The molecule has 15 heteroatoms. The van der Waals surface area contributed by atoms with Crippen molar-refractivity contribution in [3.8, 4) is 11.5 Å². The number of benzene rings is 1. The largest absolute Gasteiger partial charge is 0.508 e. The number of primary amides is 4. The number of aryl methyl sites for hydroxylation is 1. The summed E-state index contributed by atoms with van der Waals surface area (Å²) in [5.74, 6) is -1.56. The van der Waals surface area contributed by atoms with Gasteiger partial charge < -0.3 is 38.6 Å². The van der Waals surface area contributed by atoms with Crippen LogP contribution in [0.25, 0.3) is 0 Å². The van der Waals surface area contributed by atoms with E-state index in [1.54, 1.807) is 92.4 Å². The van der Waals surface area contributed by atoms with Crippen LogP contribution in [-0.2, 0) is 0 Å². The fraction of sp³-hybridized carbons (Fsp3) is 0.0323. The number of hydrogen-bond acceptors (Lipinski definition) is 10. The number of phenolic OH excluding ortho intramolecular Hbond substituents is 2. The predicted molar refractivity (Wildman–Crippen MR) is 169 cm³/mol. The van der Waals surface area contributed by atoms with E-state index in [-0.39, 0.29) is 17.0 Å². The minimum absolute atomic E-state index is 0. The van der Waals surface area contributed by atoms with Gasteiger partial charge in [-0.2, -0.15) is 0 Å². The minimum atomic E-state index is -0.442. The molecule has 0 bridgehead atoms. The SMILES string of the molecule is Cc1cc(O)cc(O)c1.NC(=O)c1cccnc1.NC(=O)c1cccnc1.NC(=O)c1cccnc1.NC(=O)c1cccnc1.O. The molecule has 0 radical (unpaired) electrons. The van der Waals surface area contributed by atoms with Crippen molar-refractivity contribution in [1.82, 2.24) is 19.9 Å². The molecule has 240 valence electrons. The van der Waals surface area contributed by atoms with Crippen LogP contribution in [0.1, 0.15) is 47.0 Å². The first-order chi connectivity index (χ1) is 21.4. The molecule has 0 saturated heterocycles. The Morgan fingerprint density at radius 1 is 0.500 bits per heavy atom. The number of pyridine rings is 4. The zero-order valence-corrected chi connectivity index (χ0v) is 24.6. The zero-order valence-electron chi connectivity index (χ0n) is 24.6. The van der Waals surface area contributed by atoms with E-state index in [2.05, 4.69) is 19.9 Å². The minimum Gasteiger partial charge on any atom is -0.508 e. The first kappa shape index (κ1) is 39.3. The van der Waals surface area contributed by atoms with Gasteiger partial charge in [0.1, 0.15) is 11.5 Å². The molecule has 15 nitrogen and oxygen atoms in total. The highest BCUT2D eigenvalue weighted by molar-refractivity contribution is 5.93. The Hall–Kier alpha value is -6.74. The molecular formula is C31H34N8O7. The van der Waals surface area contributed by atoms with Crippen LogP contribution in [0.5, 0.6) is 11.5 Å². The molecule has 0 spiro atoms. The third kappa shape index (κ3) is 17.3. The molecule has 4 amide bonds. The monoisotopic (exact) mass is 630 g/mol. The summed E-state index contributed by atoms with van der Waals surface area (Å²) in [6, 6.07) is 17.6. The first-order valence-corrected chi connectivity index (χ1v) is 12.7. The van der Waals surface area contributed by atoms with Crippen molar-refractivity contribution in [2.45, 2.75) is 6.92 Å². The van der Waals surface area contributed by atoms with E-state index in [1.165, 1.54) is 30.9 Å². The highest BCUT2D eigenvalue weighted by Gasteiger charge is 1.97. The van der Waals surface area contributed by atoms with Crippen molar-refractivity contribution in [1.29, 1.82) is 0 Å². The lowest BCUT2D eigenvalue weighted by Gasteiger charge is -1.94. The van der Waals surface area contributed by atoms with Crippen LogP contribution < -0.4 is 22.9 Å². The quantitative estimate of drug-likeness (QED) is 0.165. The molecule has 5 aromatic rings. The maximum absolute atomic E-state index is 10.4. The van der Waals surface area contributed by atoms with Crippen LogP contribution in [0.4, 0.5) is 0 Å². The predicted octanol–water partition coefficient (Wildman–Crippen LogP) is 1.30. The van der Waals surface area contributed by atoms with Crippen LogP contribution in [-0.4, -0.2) is 59.3 Å². The number of hydrogen-bond donors (Lipinski definition) is 6.